The van der Waals surface area contributed by atoms with Crippen molar-refractivity contribution in [1.29, 1.82) is 0 Å². The fourth-order valence-corrected chi connectivity index (χ4v) is 20.1. The first-order valence-corrected chi connectivity index (χ1v) is 49.0. The minimum absolute atomic E-state index is 1.24. The van der Waals surface area contributed by atoms with E-state index in [2.05, 4.69) is 562 Å². The molecule has 0 heteroatoms. The van der Waals surface area contributed by atoms with Crippen molar-refractivity contribution in [2.24, 2.45) is 0 Å². The van der Waals surface area contributed by atoms with Crippen molar-refractivity contribution in [3.8, 4) is 167 Å². The van der Waals surface area contributed by atoms with Gasteiger partial charge in [-0.1, -0.05) is 408 Å². The first-order valence-electron chi connectivity index (χ1n) is 49.0. The second-order valence-corrected chi connectivity index (χ2v) is 38.3. The maximum Gasteiger partial charge on any atom is -0.0113 e. The van der Waals surface area contributed by atoms with Crippen molar-refractivity contribution < 1.29 is 0 Å². The van der Waals surface area contributed by atoms with E-state index in [0.717, 1.165) is 0 Å². The van der Waals surface area contributed by atoms with Gasteiger partial charge in [-0.3, -0.25) is 0 Å². The molecule has 0 N–H and O–H groups in total. The Balaban J connectivity index is 0.000000126. The highest BCUT2D eigenvalue weighted by atomic mass is 14.3. The van der Waals surface area contributed by atoms with Crippen LogP contribution in [0.25, 0.3) is 167 Å². The molecule has 0 nitrogen and oxygen atoms in total. The lowest BCUT2D eigenvalue weighted by Crippen LogP contribution is -2.00. The summed E-state index contributed by atoms with van der Waals surface area (Å²) in [5.41, 5.74) is 63.6. The van der Waals surface area contributed by atoms with Crippen LogP contribution in [0.4, 0.5) is 0 Å². The minimum Gasteiger partial charge on any atom is -0.0622 e. The second-order valence-electron chi connectivity index (χ2n) is 38.3. The van der Waals surface area contributed by atoms with Gasteiger partial charge in [0, 0.05) is 0 Å². The summed E-state index contributed by atoms with van der Waals surface area (Å²) >= 11 is 0. The van der Waals surface area contributed by atoms with Crippen LogP contribution in [0.2, 0.25) is 0 Å². The van der Waals surface area contributed by atoms with Gasteiger partial charge in [-0.25, -0.2) is 0 Å². The third-order valence-corrected chi connectivity index (χ3v) is 27.2. The third kappa shape index (κ3) is 23.2. The van der Waals surface area contributed by atoms with Crippen molar-refractivity contribution in [2.45, 2.75) is 132 Å². The quantitative estimate of drug-likeness (QED) is 0.0960. The Hall–Kier alpha value is -15.6. The van der Waals surface area contributed by atoms with E-state index in [0.29, 0.717) is 0 Å². The van der Waals surface area contributed by atoms with Gasteiger partial charge in [0.25, 0.3) is 0 Å². The van der Waals surface area contributed by atoms with E-state index in [1.807, 2.05) is 0 Å². The molecule has 20 aromatic carbocycles. The molecule has 0 fully saturated rings. The lowest BCUT2D eigenvalue weighted by Gasteiger charge is -2.23. The van der Waals surface area contributed by atoms with Crippen LogP contribution in [0, 0.1) is 132 Å². The molecule has 684 valence electrons. The standard InChI is InChI=1S/C31H32.C29H28.C28H26.C26H22.C25H20/c1-19-9-8-10-26(13-19)27-16-28(30-15-22(4)21(3)14-23(30)5)18-29(17-27)31-24(6)11-20(2)12-25(31)7;1-19-7-6-8-24(13-19)25-16-26(28-14-20(2)9-11-22(28)4)18-27(17-25)29-15-21(3)10-12-23(29)5;1-19-12-11-17-25(18-19)28-21(3)26(23-13-7-5-8-14-23)20(2)27(22(28)4)24-15-9-6-10-16-24;1-19-10-9-15-23(16-19)24-17-25(21-11-5-3-6-12-21)20(2)26(18-24)22-13-7-4-8-14-22;1-19-9-8-14-22(15-19)25-17-23(20-10-4-2-5-11-20)16-24(18-25)21-12-6-3-7-13-21/h8-18H,1-7H3;6-18H,1-5H3;5-18H,1-4H3;3-18H,1-2H3;2-18H,1H3. The Morgan fingerprint density at radius 2 is 0.338 bits per heavy atom. The van der Waals surface area contributed by atoms with Crippen LogP contribution in [0.3, 0.4) is 0 Å². The molecule has 139 heavy (non-hydrogen) atoms. The van der Waals surface area contributed by atoms with E-state index < -0.39 is 0 Å². The van der Waals surface area contributed by atoms with Gasteiger partial charge in [-0.05, 0) is 426 Å². The number of benzene rings is 20. The van der Waals surface area contributed by atoms with Gasteiger partial charge in [0.2, 0.25) is 0 Å². The smallest absolute Gasteiger partial charge is 0.0113 e. The molecule has 0 bridgehead atoms. The molecule has 0 aromatic heterocycles. The number of rotatable bonds is 15. The van der Waals surface area contributed by atoms with Gasteiger partial charge >= 0.3 is 0 Å². The Kier molecular flexibility index (Phi) is 30.6. The van der Waals surface area contributed by atoms with E-state index in [9.17, 15) is 0 Å². The molecular formula is C139H128. The molecule has 0 unspecified atom stereocenters. The molecule has 0 radical (unpaired) electrons. The van der Waals surface area contributed by atoms with Crippen LogP contribution in [0.1, 0.15) is 106 Å². The highest BCUT2D eigenvalue weighted by Crippen LogP contribution is 2.47. The molecule has 0 atom stereocenters. The zero-order valence-corrected chi connectivity index (χ0v) is 84.5. The van der Waals surface area contributed by atoms with Crippen molar-refractivity contribution in [3.63, 3.8) is 0 Å². The van der Waals surface area contributed by atoms with Crippen LogP contribution in [-0.2, 0) is 0 Å². The summed E-state index contributed by atoms with van der Waals surface area (Å²) in [5, 5.41) is 0. The summed E-state index contributed by atoms with van der Waals surface area (Å²) in [6, 6.07) is 156. The predicted molar refractivity (Wildman–Crippen MR) is 604 cm³/mol. The molecule has 0 heterocycles. The molecule has 0 amide bonds. The Morgan fingerprint density at radius 1 is 0.0935 bits per heavy atom. The summed E-state index contributed by atoms with van der Waals surface area (Å²) in [7, 11) is 0. The fraction of sp³-hybridized carbons (Fsp3) is 0.137. The van der Waals surface area contributed by atoms with Gasteiger partial charge in [0.05, 0.1) is 0 Å². The third-order valence-electron chi connectivity index (χ3n) is 27.2. The zero-order valence-electron chi connectivity index (χ0n) is 84.5. The summed E-state index contributed by atoms with van der Waals surface area (Å²) < 4.78 is 0. The molecule has 20 aromatic rings. The maximum atomic E-state index is 2.38. The summed E-state index contributed by atoms with van der Waals surface area (Å²) in [4.78, 5) is 0. The number of hydrogen-bond acceptors (Lipinski definition) is 0. The topological polar surface area (TPSA) is 0 Å². The van der Waals surface area contributed by atoms with Gasteiger partial charge in [0.15, 0.2) is 0 Å². The van der Waals surface area contributed by atoms with Gasteiger partial charge in [-0.15, -0.1) is 0 Å². The molecule has 0 spiro atoms. The van der Waals surface area contributed by atoms with Crippen LogP contribution in [-0.4, -0.2) is 0 Å². The van der Waals surface area contributed by atoms with Crippen LogP contribution < -0.4 is 0 Å². The number of hydrogen-bond donors (Lipinski definition) is 0. The average molecular weight is 1800 g/mol. The van der Waals surface area contributed by atoms with Crippen molar-refractivity contribution in [3.05, 3.63) is 536 Å². The maximum absolute atomic E-state index is 2.38. The molecule has 0 aliphatic carbocycles. The zero-order chi connectivity index (χ0) is 97.5. The van der Waals surface area contributed by atoms with Crippen molar-refractivity contribution in [2.75, 3.05) is 0 Å². The lowest BCUT2D eigenvalue weighted by atomic mass is 9.80. The summed E-state index contributed by atoms with van der Waals surface area (Å²) in [6.45, 7) is 41.8. The van der Waals surface area contributed by atoms with Crippen molar-refractivity contribution in [1.82, 2.24) is 0 Å². The molecule has 0 aliphatic rings. The van der Waals surface area contributed by atoms with E-state index in [4.69, 9.17) is 0 Å². The van der Waals surface area contributed by atoms with Gasteiger partial charge in [0.1, 0.15) is 0 Å². The van der Waals surface area contributed by atoms with Gasteiger partial charge in [-0.2, -0.15) is 0 Å². The second kappa shape index (κ2) is 44.0. The first kappa shape index (κ1) is 96.5. The molecule has 20 rings (SSSR count). The normalized spacial score (nSPS) is 10.8. The van der Waals surface area contributed by atoms with Crippen LogP contribution >= 0.6 is 0 Å². The predicted octanol–water partition coefficient (Wildman–Crippen LogP) is 39.3. The van der Waals surface area contributed by atoms with Crippen LogP contribution in [0.5, 0.6) is 0 Å². The fourth-order valence-electron chi connectivity index (χ4n) is 20.1. The molecule has 0 saturated carbocycles. The first-order chi connectivity index (χ1) is 67.2. The summed E-state index contributed by atoms with van der Waals surface area (Å²) in [6.07, 6.45) is 0. The SMILES string of the molecule is Cc1cccc(-c2c(C)c(-c3ccccc3)c(C)c(-c3ccccc3)c2C)c1.Cc1cccc(-c2cc(-c3cc(C)c(C)cc3C)cc(-c3c(C)cc(C)cc3C)c2)c1.Cc1cccc(-c2cc(-c3cc(C)ccc3C)cc(-c3cc(C)ccc3C)c2)c1.Cc1cccc(-c2cc(-c3ccccc3)c(C)c(-c3ccccc3)c2)c1.Cc1cccc(-c2cc(-c3ccccc3)cc(-c3ccccc3)c2)c1. The summed E-state index contributed by atoms with van der Waals surface area (Å²) in [5.74, 6) is 0. The minimum atomic E-state index is 1.24. The molecule has 0 saturated heterocycles. The van der Waals surface area contributed by atoms with E-state index in [-0.39, 0.29) is 0 Å². The van der Waals surface area contributed by atoms with E-state index in [1.54, 1.807) is 0 Å². The molecule has 0 aliphatic heterocycles. The average Bonchev–Trinajstić information content (AvgIpc) is 0.776. The monoisotopic (exact) mass is 1800 g/mol. The van der Waals surface area contributed by atoms with Crippen LogP contribution in [0.15, 0.2) is 431 Å². The Bertz CT molecular complexity index is 7480. The largest absolute Gasteiger partial charge is 0.0622 e. The Labute approximate surface area is 828 Å². The van der Waals surface area contributed by atoms with Crippen molar-refractivity contribution >= 4 is 0 Å². The van der Waals surface area contributed by atoms with Gasteiger partial charge < -0.3 is 0 Å². The Morgan fingerprint density at radius 3 is 0.683 bits per heavy atom. The number of aryl methyl sites for hydroxylation is 15. The lowest BCUT2D eigenvalue weighted by molar-refractivity contribution is 1.30. The van der Waals surface area contributed by atoms with E-state index in [1.165, 1.54) is 273 Å². The van der Waals surface area contributed by atoms with E-state index >= 15 is 0 Å². The highest BCUT2D eigenvalue weighted by molar-refractivity contribution is 5.94. The highest BCUT2D eigenvalue weighted by Gasteiger charge is 2.23. The molecular weight excluding hydrogens is 1670 g/mol.